The molecule has 1 aliphatic carbocycles. The highest BCUT2D eigenvalue weighted by molar-refractivity contribution is 5.91. The zero-order chi connectivity index (χ0) is 17.6. The van der Waals surface area contributed by atoms with Crippen molar-refractivity contribution >= 4 is 11.7 Å². The number of anilines is 1. The number of nitrogens with two attached hydrogens (primary N) is 1. The number of carbonyl (C=O) groups is 1. The monoisotopic (exact) mass is 334 g/mol. The third-order valence-electron chi connectivity index (χ3n) is 4.64. The van der Waals surface area contributed by atoms with Gasteiger partial charge in [-0.3, -0.25) is 4.90 Å². The predicted octanol–water partition coefficient (Wildman–Crippen LogP) is 3.25. The molecule has 5 heteroatoms. The average Bonchev–Trinajstić information content (AvgIpc) is 2.60. The minimum absolute atomic E-state index is 0.449. The quantitative estimate of drug-likeness (QED) is 0.850. The highest BCUT2D eigenvalue weighted by Gasteiger charge is 2.18. The third-order valence-corrected chi connectivity index (χ3v) is 4.64. The van der Waals surface area contributed by atoms with E-state index in [1.54, 1.807) is 11.0 Å². The molecule has 0 spiro atoms. The second kappa shape index (κ2) is 7.82. The SMILES string of the molecule is N#Cc1cccc(-c2ccc(N(CCNC3CCC3)C(N)=O)cc2)c1. The summed E-state index contributed by atoms with van der Waals surface area (Å²) >= 11 is 0. The first-order valence-electron chi connectivity index (χ1n) is 8.58. The van der Waals surface area contributed by atoms with Crippen LogP contribution in [0.2, 0.25) is 0 Å². The molecule has 25 heavy (non-hydrogen) atoms. The van der Waals surface area contributed by atoms with Gasteiger partial charge in [0.05, 0.1) is 11.6 Å². The van der Waals surface area contributed by atoms with Gasteiger partial charge in [0, 0.05) is 24.8 Å². The van der Waals surface area contributed by atoms with Crippen LogP contribution in [-0.2, 0) is 0 Å². The van der Waals surface area contributed by atoms with Crippen LogP contribution < -0.4 is 16.0 Å². The van der Waals surface area contributed by atoms with Crippen LogP contribution in [0, 0.1) is 11.3 Å². The number of nitrogens with zero attached hydrogens (tertiary/aromatic N) is 2. The maximum Gasteiger partial charge on any atom is 0.319 e. The number of benzene rings is 2. The Hall–Kier alpha value is -2.84. The molecule has 0 aliphatic heterocycles. The molecule has 0 radical (unpaired) electrons. The first kappa shape index (κ1) is 17.0. The maximum atomic E-state index is 11.8. The maximum absolute atomic E-state index is 11.8. The van der Waals surface area contributed by atoms with Crippen LogP contribution in [0.4, 0.5) is 10.5 Å². The van der Waals surface area contributed by atoms with Gasteiger partial charge >= 0.3 is 6.03 Å². The Morgan fingerprint density at radius 3 is 2.56 bits per heavy atom. The molecule has 1 aliphatic rings. The Kier molecular flexibility index (Phi) is 5.32. The summed E-state index contributed by atoms with van der Waals surface area (Å²) in [5, 5.41) is 12.5. The lowest BCUT2D eigenvalue weighted by molar-refractivity contribution is 0.253. The van der Waals surface area contributed by atoms with E-state index in [1.807, 2.05) is 42.5 Å². The van der Waals surface area contributed by atoms with Gasteiger partial charge in [-0.1, -0.05) is 30.7 Å². The van der Waals surface area contributed by atoms with Gasteiger partial charge in [-0.15, -0.1) is 0 Å². The molecular weight excluding hydrogens is 312 g/mol. The molecule has 0 aromatic heterocycles. The zero-order valence-corrected chi connectivity index (χ0v) is 14.1. The van der Waals surface area contributed by atoms with E-state index >= 15 is 0 Å². The number of nitrogens with one attached hydrogen (secondary N) is 1. The van der Waals surface area contributed by atoms with Crippen LogP contribution in [-0.4, -0.2) is 25.2 Å². The van der Waals surface area contributed by atoms with Crippen molar-refractivity contribution in [1.29, 1.82) is 5.26 Å². The van der Waals surface area contributed by atoms with Crippen molar-refractivity contribution in [3.8, 4) is 17.2 Å². The highest BCUT2D eigenvalue weighted by atomic mass is 16.2. The molecule has 128 valence electrons. The Balaban J connectivity index is 1.69. The summed E-state index contributed by atoms with van der Waals surface area (Å²) in [6, 6.07) is 17.4. The summed E-state index contributed by atoms with van der Waals surface area (Å²) in [5.74, 6) is 0. The Bertz CT molecular complexity index is 775. The fourth-order valence-electron chi connectivity index (χ4n) is 2.96. The topological polar surface area (TPSA) is 82.2 Å². The summed E-state index contributed by atoms with van der Waals surface area (Å²) in [4.78, 5) is 13.4. The fourth-order valence-corrected chi connectivity index (χ4v) is 2.96. The Morgan fingerprint density at radius 1 is 1.20 bits per heavy atom. The predicted molar refractivity (Wildman–Crippen MR) is 99.2 cm³/mol. The molecular formula is C20H22N4O. The summed E-state index contributed by atoms with van der Waals surface area (Å²) in [6.45, 7) is 1.29. The number of primary amides is 1. The first-order chi connectivity index (χ1) is 12.2. The summed E-state index contributed by atoms with van der Waals surface area (Å²) in [6.07, 6.45) is 3.71. The van der Waals surface area contributed by atoms with E-state index in [4.69, 9.17) is 11.0 Å². The lowest BCUT2D eigenvalue weighted by Gasteiger charge is -2.28. The molecule has 0 bridgehead atoms. The largest absolute Gasteiger partial charge is 0.351 e. The molecule has 0 saturated heterocycles. The van der Waals surface area contributed by atoms with Crippen LogP contribution >= 0.6 is 0 Å². The van der Waals surface area contributed by atoms with E-state index in [1.165, 1.54) is 19.3 Å². The van der Waals surface area contributed by atoms with Crippen molar-refractivity contribution in [2.75, 3.05) is 18.0 Å². The minimum atomic E-state index is -0.449. The van der Waals surface area contributed by atoms with Crippen LogP contribution in [0.15, 0.2) is 48.5 Å². The number of hydrogen-bond donors (Lipinski definition) is 2. The molecule has 5 nitrogen and oxygen atoms in total. The highest BCUT2D eigenvalue weighted by Crippen LogP contribution is 2.24. The van der Waals surface area contributed by atoms with Gasteiger partial charge in [0.25, 0.3) is 0 Å². The Morgan fingerprint density at radius 2 is 1.96 bits per heavy atom. The molecule has 3 N–H and O–H groups in total. The average molecular weight is 334 g/mol. The van der Waals surface area contributed by atoms with Crippen molar-refractivity contribution in [3.05, 3.63) is 54.1 Å². The van der Waals surface area contributed by atoms with E-state index in [0.717, 1.165) is 23.4 Å². The summed E-state index contributed by atoms with van der Waals surface area (Å²) < 4.78 is 0. The van der Waals surface area contributed by atoms with Crippen molar-refractivity contribution in [3.63, 3.8) is 0 Å². The van der Waals surface area contributed by atoms with Gasteiger partial charge in [0.1, 0.15) is 0 Å². The molecule has 0 heterocycles. The number of rotatable bonds is 6. The fraction of sp³-hybridized carbons (Fsp3) is 0.300. The standard InChI is InChI=1S/C20H22N4O/c21-14-15-3-1-4-17(13-15)16-7-9-19(10-8-16)24(20(22)25)12-11-23-18-5-2-6-18/h1,3-4,7-10,13,18,23H,2,5-6,11-12H2,(H2,22,25). The van der Waals surface area contributed by atoms with E-state index in [0.29, 0.717) is 18.2 Å². The summed E-state index contributed by atoms with van der Waals surface area (Å²) in [5.41, 5.74) is 8.92. The molecule has 0 unspecified atom stereocenters. The van der Waals surface area contributed by atoms with Crippen molar-refractivity contribution < 1.29 is 4.79 Å². The van der Waals surface area contributed by atoms with Gasteiger partial charge in [0.2, 0.25) is 0 Å². The third kappa shape index (κ3) is 4.17. The number of amides is 2. The lowest BCUT2D eigenvalue weighted by Crippen LogP contribution is -2.44. The second-order valence-corrected chi connectivity index (χ2v) is 6.31. The number of carbonyl (C=O) groups excluding carboxylic acids is 1. The lowest BCUT2D eigenvalue weighted by atomic mass is 9.93. The normalized spacial score (nSPS) is 13.7. The molecule has 2 amide bonds. The first-order valence-corrected chi connectivity index (χ1v) is 8.58. The van der Waals surface area contributed by atoms with Crippen molar-refractivity contribution in [2.24, 2.45) is 5.73 Å². The van der Waals surface area contributed by atoms with Gasteiger partial charge in [0.15, 0.2) is 0 Å². The van der Waals surface area contributed by atoms with Crippen LogP contribution in [0.25, 0.3) is 11.1 Å². The molecule has 2 aromatic carbocycles. The van der Waals surface area contributed by atoms with Gasteiger partial charge in [-0.25, -0.2) is 4.79 Å². The minimum Gasteiger partial charge on any atom is -0.351 e. The molecule has 1 fully saturated rings. The smallest absolute Gasteiger partial charge is 0.319 e. The van der Waals surface area contributed by atoms with Crippen LogP contribution in [0.1, 0.15) is 24.8 Å². The molecule has 3 rings (SSSR count). The van der Waals surface area contributed by atoms with E-state index in [9.17, 15) is 4.79 Å². The number of urea groups is 1. The number of hydrogen-bond acceptors (Lipinski definition) is 3. The van der Waals surface area contributed by atoms with E-state index in [-0.39, 0.29) is 0 Å². The second-order valence-electron chi connectivity index (χ2n) is 6.31. The van der Waals surface area contributed by atoms with Crippen LogP contribution in [0.3, 0.4) is 0 Å². The molecule has 2 aromatic rings. The number of nitriles is 1. The van der Waals surface area contributed by atoms with Gasteiger partial charge < -0.3 is 11.1 Å². The van der Waals surface area contributed by atoms with Crippen molar-refractivity contribution in [1.82, 2.24) is 5.32 Å². The van der Waals surface area contributed by atoms with Crippen LogP contribution in [0.5, 0.6) is 0 Å². The molecule has 1 saturated carbocycles. The Labute approximate surface area is 148 Å². The summed E-state index contributed by atoms with van der Waals surface area (Å²) in [7, 11) is 0. The van der Waals surface area contributed by atoms with E-state index < -0.39 is 6.03 Å². The van der Waals surface area contributed by atoms with E-state index in [2.05, 4.69) is 11.4 Å². The van der Waals surface area contributed by atoms with Gasteiger partial charge in [-0.2, -0.15) is 5.26 Å². The van der Waals surface area contributed by atoms with Gasteiger partial charge in [-0.05, 0) is 48.2 Å². The van der Waals surface area contributed by atoms with Crippen molar-refractivity contribution in [2.45, 2.75) is 25.3 Å². The molecule has 0 atom stereocenters. The zero-order valence-electron chi connectivity index (χ0n) is 14.1.